The summed E-state index contributed by atoms with van der Waals surface area (Å²) in [6.07, 6.45) is 9.04. The number of hydrogen-bond donors (Lipinski definition) is 3. The molecule has 5 aliphatic heterocycles. The lowest BCUT2D eigenvalue weighted by atomic mass is 9.76. The molecule has 2 atom stereocenters. The Morgan fingerprint density at radius 2 is 1.64 bits per heavy atom. The van der Waals surface area contributed by atoms with Crippen LogP contribution < -0.4 is 14.9 Å². The van der Waals surface area contributed by atoms with E-state index < -0.39 is 57.0 Å². The number of alkyl halides is 1. The van der Waals surface area contributed by atoms with Gasteiger partial charge in [-0.3, -0.25) is 29.2 Å². The number of fused-ring (bicyclic) bond motifs is 2. The molecule has 4 saturated heterocycles. The highest BCUT2D eigenvalue weighted by Crippen LogP contribution is 2.57. The van der Waals surface area contributed by atoms with E-state index in [1.165, 1.54) is 11.8 Å². The van der Waals surface area contributed by atoms with Crippen LogP contribution in [0.4, 0.5) is 24.5 Å². The van der Waals surface area contributed by atoms with Gasteiger partial charge in [-0.1, -0.05) is 24.3 Å². The lowest BCUT2D eigenvalue weighted by Gasteiger charge is -2.40. The van der Waals surface area contributed by atoms with Crippen molar-refractivity contribution in [3.8, 4) is 11.1 Å². The predicted octanol–water partition coefficient (Wildman–Crippen LogP) is 6.86. The van der Waals surface area contributed by atoms with E-state index in [4.69, 9.17) is 0 Å². The van der Waals surface area contributed by atoms with E-state index in [-0.39, 0.29) is 48.7 Å². The molecule has 5 aromatic rings. The molecule has 360 valence electrons. The molecule has 18 heteroatoms. The molecule has 7 heterocycles. The summed E-state index contributed by atoms with van der Waals surface area (Å²) >= 11 is 0. The van der Waals surface area contributed by atoms with Crippen molar-refractivity contribution in [1.82, 2.24) is 29.4 Å². The van der Waals surface area contributed by atoms with Crippen LogP contribution in [0.3, 0.4) is 0 Å². The molecule has 0 spiro atoms. The van der Waals surface area contributed by atoms with Crippen LogP contribution in [-0.4, -0.2) is 114 Å². The van der Waals surface area contributed by atoms with Gasteiger partial charge in [0.1, 0.15) is 23.7 Å². The zero-order valence-corrected chi connectivity index (χ0v) is 38.8. The number of carbonyl (C=O) groups is 4. The summed E-state index contributed by atoms with van der Waals surface area (Å²) in [7, 11) is -4.35. The second-order valence-electron chi connectivity index (χ2n) is 19.8. The largest absolute Gasteiger partial charge is 0.372 e. The first kappa shape index (κ1) is 45.3. The number of anilines is 2. The number of ketones is 1. The molecular weight excluding hydrogens is 910 g/mol. The van der Waals surface area contributed by atoms with Crippen LogP contribution in [0.15, 0.2) is 73.1 Å². The Morgan fingerprint density at radius 3 is 2.35 bits per heavy atom. The number of aromatic amines is 1. The molecule has 0 radical (unpaired) electrons. The third-order valence-electron chi connectivity index (χ3n) is 15.7. The third kappa shape index (κ3) is 8.47. The maximum atomic E-state index is 15.8. The van der Waals surface area contributed by atoms with Gasteiger partial charge in [-0.15, -0.1) is 0 Å². The lowest BCUT2D eigenvalue weighted by Crippen LogP contribution is -2.52. The van der Waals surface area contributed by atoms with Crippen LogP contribution in [0.2, 0.25) is 0 Å². The van der Waals surface area contributed by atoms with Gasteiger partial charge in [0.2, 0.25) is 17.6 Å². The van der Waals surface area contributed by atoms with E-state index in [1.807, 2.05) is 12.1 Å². The van der Waals surface area contributed by atoms with E-state index in [1.54, 1.807) is 17.2 Å². The zero-order valence-electron chi connectivity index (χ0n) is 38.0. The highest BCUT2D eigenvalue weighted by Gasteiger charge is 2.51. The monoisotopic (exact) mass is 962 g/mol. The number of carbonyl (C=O) groups excluding carboxylic acids is 4. The number of benzene rings is 3. The van der Waals surface area contributed by atoms with Gasteiger partial charge in [0.25, 0.3) is 5.91 Å². The summed E-state index contributed by atoms with van der Waals surface area (Å²) in [6.45, 7) is 5.04. The molecule has 1 aliphatic carbocycles. The Balaban J connectivity index is 0.693. The van der Waals surface area contributed by atoms with E-state index in [0.717, 1.165) is 105 Å². The Morgan fingerprint density at radius 1 is 0.870 bits per heavy atom. The summed E-state index contributed by atoms with van der Waals surface area (Å²) in [6, 6.07) is 17.4. The minimum absolute atomic E-state index is 0.00742. The van der Waals surface area contributed by atoms with Gasteiger partial charge in [-0.25, -0.2) is 18.2 Å². The fraction of sp³-hybridized carbons (Fsp3) is 0.431. The van der Waals surface area contributed by atoms with Gasteiger partial charge < -0.3 is 19.7 Å². The fourth-order valence-corrected chi connectivity index (χ4v) is 12.9. The van der Waals surface area contributed by atoms with Crippen LogP contribution in [-0.2, 0) is 31.8 Å². The van der Waals surface area contributed by atoms with Gasteiger partial charge in [-0.2, -0.15) is 12.7 Å². The number of likely N-dealkylation sites (tertiary alicyclic amines) is 1. The number of aromatic nitrogens is 2. The third-order valence-corrected chi connectivity index (χ3v) is 17.2. The minimum atomic E-state index is -4.35. The molecular formula is C51H53F3N8O6S. The van der Waals surface area contributed by atoms with E-state index in [0.29, 0.717) is 47.0 Å². The normalized spacial score (nSPS) is 22.6. The van der Waals surface area contributed by atoms with Crippen LogP contribution in [0.5, 0.6) is 0 Å². The number of rotatable bonds is 12. The summed E-state index contributed by atoms with van der Waals surface area (Å²) in [4.78, 5) is 65.3. The van der Waals surface area contributed by atoms with Crippen molar-refractivity contribution in [2.45, 2.75) is 82.0 Å². The Kier molecular flexibility index (Phi) is 11.6. The number of hydrogen-bond acceptors (Lipinski definition) is 9. The molecule has 1 saturated carbocycles. The van der Waals surface area contributed by atoms with Crippen molar-refractivity contribution >= 4 is 56.1 Å². The first-order chi connectivity index (χ1) is 33.2. The first-order valence-corrected chi connectivity index (χ1v) is 25.5. The fourth-order valence-electron chi connectivity index (χ4n) is 11.7. The van der Waals surface area contributed by atoms with Crippen molar-refractivity contribution in [3.05, 3.63) is 113 Å². The molecule has 69 heavy (non-hydrogen) atoms. The summed E-state index contributed by atoms with van der Waals surface area (Å²) in [5.74, 6) is -3.16. The average Bonchev–Trinajstić information content (AvgIpc) is 3.66. The number of halogens is 3. The molecule has 6 aliphatic rings. The van der Waals surface area contributed by atoms with Gasteiger partial charge in [0.05, 0.1) is 11.3 Å². The van der Waals surface area contributed by atoms with Crippen LogP contribution >= 0.6 is 0 Å². The van der Waals surface area contributed by atoms with Crippen molar-refractivity contribution in [2.75, 3.05) is 55.4 Å². The Bertz CT molecular complexity index is 3000. The summed E-state index contributed by atoms with van der Waals surface area (Å²) < 4.78 is 73.4. The number of nitrogens with one attached hydrogen (secondary N) is 3. The molecule has 14 nitrogen and oxygen atoms in total. The standard InChI is InChI=1S/C51H53F3N8O6S/c52-36-15-22-61(29-36)69(67,68)58-42-8-7-41(53)45(46(42)54)47(64)40-26-56-48-39(40)24-32(25-55-48)31-1-3-34(4-2-31)51(16-17-51)35-13-18-59(19-14-35)27-30-11-20-60(21-12-30)37-5-6-38-33(23-37)28-62(50(38)66)43-9-10-44(63)57-49(43)65/h1-8,23-26,30,35-36,43,58H,9-22,27-29H2,(H,55,56)(H,57,63,65)/t36-,43?/m1/s1. The van der Waals surface area contributed by atoms with Crippen LogP contribution in [0.1, 0.15) is 95.2 Å². The number of imide groups is 1. The van der Waals surface area contributed by atoms with Gasteiger partial charge >= 0.3 is 10.2 Å². The van der Waals surface area contributed by atoms with Crippen molar-refractivity contribution in [3.63, 3.8) is 0 Å². The molecule has 1 unspecified atom stereocenters. The van der Waals surface area contributed by atoms with Gasteiger partial charge in [0, 0.05) is 85.8 Å². The number of H-pyrrole nitrogens is 1. The highest BCUT2D eigenvalue weighted by molar-refractivity contribution is 7.90. The summed E-state index contributed by atoms with van der Waals surface area (Å²) in [5.41, 5.74) is 4.50. The summed E-state index contributed by atoms with van der Waals surface area (Å²) in [5, 5.41) is 2.73. The van der Waals surface area contributed by atoms with Crippen LogP contribution in [0, 0.1) is 23.5 Å². The topological polar surface area (TPSA) is 168 Å². The molecule has 11 rings (SSSR count). The second kappa shape index (κ2) is 17.7. The molecule has 2 aromatic heterocycles. The van der Waals surface area contributed by atoms with E-state index in [9.17, 15) is 32.0 Å². The highest BCUT2D eigenvalue weighted by atomic mass is 32.2. The molecule has 0 bridgehead atoms. The molecule has 5 fully saturated rings. The van der Waals surface area contributed by atoms with Crippen molar-refractivity contribution < 1.29 is 40.8 Å². The van der Waals surface area contributed by atoms with Gasteiger partial charge in [-0.05, 0) is 135 Å². The van der Waals surface area contributed by atoms with E-state index >= 15 is 8.78 Å². The number of piperidine rings is 3. The number of nitrogens with zero attached hydrogens (tertiary/aromatic N) is 5. The maximum Gasteiger partial charge on any atom is 0.301 e. The average molecular weight is 963 g/mol. The lowest BCUT2D eigenvalue weighted by molar-refractivity contribution is -0.136. The number of pyridine rings is 1. The van der Waals surface area contributed by atoms with Crippen molar-refractivity contribution in [1.29, 1.82) is 0 Å². The molecule has 3 N–H and O–H groups in total. The second-order valence-corrected chi connectivity index (χ2v) is 21.4. The molecule has 3 aromatic carbocycles. The molecule has 3 amide bonds. The first-order valence-electron chi connectivity index (χ1n) is 24.0. The maximum absolute atomic E-state index is 15.8. The minimum Gasteiger partial charge on any atom is -0.372 e. The van der Waals surface area contributed by atoms with Gasteiger partial charge in [0.15, 0.2) is 5.82 Å². The Labute approximate surface area is 397 Å². The smallest absolute Gasteiger partial charge is 0.301 e. The quantitative estimate of drug-likeness (QED) is 0.0894. The predicted molar refractivity (Wildman–Crippen MR) is 252 cm³/mol. The zero-order chi connectivity index (χ0) is 47.8. The van der Waals surface area contributed by atoms with Crippen LogP contribution in [0.25, 0.3) is 22.2 Å². The van der Waals surface area contributed by atoms with E-state index in [2.05, 4.69) is 60.1 Å². The SMILES string of the molecule is O=C1CCC(N2Cc3cc(N4CCC(CN5CCC(C6(c7ccc(-c8cnc9[nH]cc(C(=O)c%10c(F)ccc(NS(=O)(=O)N%11CC[C@@H](F)C%11)c%10F)c9c8)cc7)CC6)CC5)CC4)ccc3C2=O)C(=O)N1. The Hall–Kier alpha value is -6.11. The van der Waals surface area contributed by atoms with Crippen molar-refractivity contribution in [2.24, 2.45) is 11.8 Å². The number of amides is 3.